The Morgan fingerprint density at radius 2 is 1.88 bits per heavy atom. The number of rotatable bonds is 7. The molecule has 4 rings (SSSR count). The molecular weight excluding hydrogens is 444 g/mol. The Kier molecular flexibility index (Phi) is 6.77. The third-order valence-electron chi connectivity index (χ3n) is 5.47. The summed E-state index contributed by atoms with van der Waals surface area (Å²) in [6.45, 7) is 3.50. The summed E-state index contributed by atoms with van der Waals surface area (Å²) in [7, 11) is -1.77. The summed E-state index contributed by atoms with van der Waals surface area (Å²) >= 11 is 0. The molecule has 0 saturated carbocycles. The second-order valence-electron chi connectivity index (χ2n) is 7.71. The minimum absolute atomic E-state index is 0.142. The molecular formula is C23H26N4O5S. The number of aryl methyl sites for hydroxylation is 2. The molecule has 1 saturated heterocycles. The van der Waals surface area contributed by atoms with E-state index >= 15 is 0 Å². The lowest BCUT2D eigenvalue weighted by Crippen LogP contribution is -2.40. The Labute approximate surface area is 193 Å². The monoisotopic (exact) mass is 470 g/mol. The highest BCUT2D eigenvalue weighted by Gasteiger charge is 2.27. The molecule has 2 heterocycles. The lowest BCUT2D eigenvalue weighted by Gasteiger charge is -2.26. The lowest BCUT2D eigenvalue weighted by molar-refractivity contribution is 0.0730. The molecule has 2 aromatic carbocycles. The molecule has 1 aliphatic heterocycles. The molecule has 0 atom stereocenters. The smallest absolute Gasteiger partial charge is 0.255 e. The molecule has 0 unspecified atom stereocenters. The van der Waals surface area contributed by atoms with Crippen LogP contribution in [-0.4, -0.2) is 54.5 Å². The number of nitrogens with one attached hydrogen (secondary N) is 1. The van der Waals surface area contributed by atoms with Crippen molar-refractivity contribution in [2.24, 2.45) is 7.05 Å². The Hall–Kier alpha value is -3.21. The van der Waals surface area contributed by atoms with Crippen molar-refractivity contribution in [3.05, 3.63) is 71.8 Å². The Morgan fingerprint density at radius 1 is 1.15 bits per heavy atom. The van der Waals surface area contributed by atoms with Gasteiger partial charge in [0.1, 0.15) is 18.2 Å². The van der Waals surface area contributed by atoms with Crippen LogP contribution in [0.5, 0.6) is 5.75 Å². The first kappa shape index (κ1) is 23.0. The van der Waals surface area contributed by atoms with Crippen LogP contribution in [0.4, 0.5) is 5.69 Å². The Bertz CT molecular complexity index is 1230. The van der Waals surface area contributed by atoms with Crippen molar-refractivity contribution in [1.82, 2.24) is 13.9 Å². The first-order chi connectivity index (χ1) is 15.8. The van der Waals surface area contributed by atoms with Gasteiger partial charge in [0.15, 0.2) is 0 Å². The van der Waals surface area contributed by atoms with Gasteiger partial charge in [-0.05, 0) is 48.9 Å². The van der Waals surface area contributed by atoms with Crippen molar-refractivity contribution in [2.75, 3.05) is 31.6 Å². The number of aromatic nitrogens is 2. The summed E-state index contributed by atoms with van der Waals surface area (Å²) in [4.78, 5) is 17.1. The highest BCUT2D eigenvalue weighted by Crippen LogP contribution is 2.24. The highest BCUT2D eigenvalue weighted by molar-refractivity contribution is 7.89. The zero-order valence-corrected chi connectivity index (χ0v) is 19.3. The third-order valence-corrected chi connectivity index (χ3v) is 7.37. The number of hydrogen-bond acceptors (Lipinski definition) is 6. The summed E-state index contributed by atoms with van der Waals surface area (Å²) in [5.74, 6) is 1.07. The summed E-state index contributed by atoms with van der Waals surface area (Å²) < 4.78 is 40.1. The fourth-order valence-electron chi connectivity index (χ4n) is 3.41. The van der Waals surface area contributed by atoms with Crippen LogP contribution < -0.4 is 10.1 Å². The van der Waals surface area contributed by atoms with E-state index in [0.29, 0.717) is 49.9 Å². The van der Waals surface area contributed by atoms with Crippen molar-refractivity contribution in [3.63, 3.8) is 0 Å². The van der Waals surface area contributed by atoms with E-state index < -0.39 is 10.0 Å². The molecule has 0 spiro atoms. The minimum Gasteiger partial charge on any atom is -0.486 e. The lowest BCUT2D eigenvalue weighted by atomic mass is 10.1. The van der Waals surface area contributed by atoms with Crippen molar-refractivity contribution >= 4 is 21.6 Å². The minimum atomic E-state index is -3.66. The maximum absolute atomic E-state index is 12.9. The molecule has 0 bridgehead atoms. The molecule has 9 nitrogen and oxygen atoms in total. The first-order valence-electron chi connectivity index (χ1n) is 10.5. The van der Waals surface area contributed by atoms with Gasteiger partial charge in [0.25, 0.3) is 5.91 Å². The van der Waals surface area contributed by atoms with Gasteiger partial charge in [0.2, 0.25) is 10.0 Å². The van der Waals surface area contributed by atoms with E-state index in [4.69, 9.17) is 9.47 Å². The average molecular weight is 471 g/mol. The standard InChI is InChI=1S/C23H26N4O5S/c1-17-3-8-20(33(29,30)27-11-13-31-14-12-27)15-21(17)25-23(28)18-4-6-19(7-5-18)32-16-22-24-9-10-26(22)2/h3-10,15H,11-14,16H2,1-2H3,(H,25,28). The Morgan fingerprint density at radius 3 is 2.55 bits per heavy atom. The highest BCUT2D eigenvalue weighted by atomic mass is 32.2. The number of benzene rings is 2. The number of nitrogens with zero attached hydrogens (tertiary/aromatic N) is 3. The van der Waals surface area contributed by atoms with Crippen LogP contribution in [0, 0.1) is 6.92 Å². The molecule has 0 radical (unpaired) electrons. The Balaban J connectivity index is 1.44. The molecule has 0 aliphatic carbocycles. The van der Waals surface area contributed by atoms with Gasteiger partial charge in [-0.25, -0.2) is 13.4 Å². The zero-order valence-electron chi connectivity index (χ0n) is 18.5. The van der Waals surface area contributed by atoms with Crippen LogP contribution in [0.2, 0.25) is 0 Å². The van der Waals surface area contributed by atoms with E-state index in [0.717, 1.165) is 11.4 Å². The van der Waals surface area contributed by atoms with Crippen LogP contribution >= 0.6 is 0 Å². The van der Waals surface area contributed by atoms with Crippen LogP contribution in [0.25, 0.3) is 0 Å². The normalized spacial score (nSPS) is 14.7. The summed E-state index contributed by atoms with van der Waals surface area (Å²) in [6, 6.07) is 11.5. The zero-order chi connectivity index (χ0) is 23.4. The molecule has 33 heavy (non-hydrogen) atoms. The maximum Gasteiger partial charge on any atom is 0.255 e. The topological polar surface area (TPSA) is 103 Å². The van der Waals surface area contributed by atoms with Gasteiger partial charge in [-0.3, -0.25) is 4.79 Å². The number of carbonyl (C=O) groups is 1. The van der Waals surface area contributed by atoms with Gasteiger partial charge in [0, 0.05) is 43.8 Å². The van der Waals surface area contributed by atoms with Gasteiger partial charge in [-0.2, -0.15) is 4.31 Å². The van der Waals surface area contributed by atoms with Crippen LogP contribution in [-0.2, 0) is 28.4 Å². The average Bonchev–Trinajstić information content (AvgIpc) is 3.24. The number of carbonyl (C=O) groups excluding carboxylic acids is 1. The van der Waals surface area contributed by atoms with Gasteiger partial charge < -0.3 is 19.4 Å². The number of morpholine rings is 1. The van der Waals surface area contributed by atoms with Gasteiger partial charge in [-0.1, -0.05) is 6.07 Å². The van der Waals surface area contributed by atoms with Crippen molar-refractivity contribution < 1.29 is 22.7 Å². The van der Waals surface area contributed by atoms with E-state index in [1.165, 1.54) is 10.4 Å². The molecule has 1 fully saturated rings. The second kappa shape index (κ2) is 9.74. The summed E-state index contributed by atoms with van der Waals surface area (Å²) in [5.41, 5.74) is 1.64. The van der Waals surface area contributed by atoms with Gasteiger partial charge >= 0.3 is 0 Å². The predicted molar refractivity (Wildman–Crippen MR) is 123 cm³/mol. The van der Waals surface area contributed by atoms with E-state index in [1.807, 2.05) is 24.7 Å². The van der Waals surface area contributed by atoms with Crippen LogP contribution in [0.1, 0.15) is 21.7 Å². The number of imidazole rings is 1. The second-order valence-corrected chi connectivity index (χ2v) is 9.65. The van der Waals surface area contributed by atoms with Crippen molar-refractivity contribution in [1.29, 1.82) is 0 Å². The first-order valence-corrected chi connectivity index (χ1v) is 12.0. The molecule has 10 heteroatoms. The van der Waals surface area contributed by atoms with E-state index in [9.17, 15) is 13.2 Å². The molecule has 174 valence electrons. The number of anilines is 1. The van der Waals surface area contributed by atoms with Gasteiger partial charge in [-0.15, -0.1) is 0 Å². The van der Waals surface area contributed by atoms with Gasteiger partial charge in [0.05, 0.1) is 18.1 Å². The van der Waals surface area contributed by atoms with E-state index in [-0.39, 0.29) is 10.8 Å². The van der Waals surface area contributed by atoms with E-state index in [1.54, 1.807) is 42.6 Å². The molecule has 3 aromatic rings. The fourth-order valence-corrected chi connectivity index (χ4v) is 4.85. The summed E-state index contributed by atoms with van der Waals surface area (Å²) in [6.07, 6.45) is 3.55. The third kappa shape index (κ3) is 5.24. The fraction of sp³-hybridized carbons (Fsp3) is 0.304. The quantitative estimate of drug-likeness (QED) is 0.569. The van der Waals surface area contributed by atoms with Crippen molar-refractivity contribution in [3.8, 4) is 5.75 Å². The number of ether oxygens (including phenoxy) is 2. The molecule has 1 N–H and O–H groups in total. The number of sulfonamides is 1. The summed E-state index contributed by atoms with van der Waals surface area (Å²) in [5, 5.41) is 2.82. The molecule has 1 aliphatic rings. The number of hydrogen-bond donors (Lipinski definition) is 1. The SMILES string of the molecule is Cc1ccc(S(=O)(=O)N2CCOCC2)cc1NC(=O)c1ccc(OCc2nccn2C)cc1. The number of amides is 1. The van der Waals surface area contributed by atoms with E-state index in [2.05, 4.69) is 10.3 Å². The predicted octanol–water partition coefficient (Wildman–Crippen LogP) is 2.58. The molecule has 1 aromatic heterocycles. The van der Waals surface area contributed by atoms with Crippen molar-refractivity contribution in [2.45, 2.75) is 18.4 Å². The van der Waals surface area contributed by atoms with Crippen LogP contribution in [0.15, 0.2) is 59.8 Å². The van der Waals surface area contributed by atoms with Crippen LogP contribution in [0.3, 0.4) is 0 Å². The largest absolute Gasteiger partial charge is 0.486 e. The maximum atomic E-state index is 12.9. The molecule has 1 amide bonds.